The quantitative estimate of drug-likeness (QED) is 0.441. The number of hydrogen-bond donors (Lipinski definition) is 0. The van der Waals surface area contributed by atoms with Crippen LogP contribution in [0.3, 0.4) is 0 Å². The van der Waals surface area contributed by atoms with Gasteiger partial charge in [-0.1, -0.05) is 62.7 Å². The van der Waals surface area contributed by atoms with E-state index >= 15 is 0 Å². The highest BCUT2D eigenvalue weighted by Crippen LogP contribution is 2.50. The molecule has 0 N–H and O–H groups in total. The Bertz CT molecular complexity index is 1050. The minimum absolute atomic E-state index is 0.0444. The number of nitrogens with zero attached hydrogens (tertiary/aromatic N) is 2. The predicted octanol–water partition coefficient (Wildman–Crippen LogP) is 5.91. The van der Waals surface area contributed by atoms with Crippen molar-refractivity contribution in [3.8, 4) is 11.3 Å². The van der Waals surface area contributed by atoms with Crippen molar-refractivity contribution in [1.29, 1.82) is 0 Å². The van der Waals surface area contributed by atoms with E-state index in [9.17, 15) is 4.79 Å². The first-order chi connectivity index (χ1) is 14.8. The topological polar surface area (TPSA) is 44.1 Å². The number of ether oxygens (including phenoxy) is 1. The van der Waals surface area contributed by atoms with Gasteiger partial charge >= 0.3 is 0 Å². The van der Waals surface area contributed by atoms with E-state index in [1.165, 1.54) is 18.4 Å². The SMILES string of the molecule is CC(C)Sc1nc2c(c(=O)n1C1CCOC(C)(C)C1)C1(CCCC1)Cc1ccccc1-2. The standard InChI is InChI=1S/C26H34N2O2S/c1-17(2)31-24-27-22-20-10-6-5-9-18(20)15-26(12-7-8-13-26)21(22)23(29)28(24)19-11-14-30-25(3,4)16-19/h5-6,9-10,17,19H,7-8,11-16H2,1-4H3. The van der Waals surface area contributed by atoms with E-state index in [2.05, 4.69) is 56.5 Å². The summed E-state index contributed by atoms with van der Waals surface area (Å²) in [6.07, 6.45) is 7.30. The number of hydrogen-bond acceptors (Lipinski definition) is 4. The van der Waals surface area contributed by atoms with Crippen LogP contribution in [0.4, 0.5) is 0 Å². The van der Waals surface area contributed by atoms with E-state index in [-0.39, 0.29) is 22.6 Å². The largest absolute Gasteiger partial charge is 0.375 e. The highest BCUT2D eigenvalue weighted by Gasteiger charge is 2.45. The molecule has 2 fully saturated rings. The van der Waals surface area contributed by atoms with Crippen molar-refractivity contribution < 1.29 is 4.74 Å². The molecule has 1 atom stereocenters. The van der Waals surface area contributed by atoms with Crippen molar-refractivity contribution in [2.24, 2.45) is 0 Å². The van der Waals surface area contributed by atoms with Crippen LogP contribution in [0.5, 0.6) is 0 Å². The molecule has 31 heavy (non-hydrogen) atoms. The van der Waals surface area contributed by atoms with Crippen LogP contribution in [-0.4, -0.2) is 27.0 Å². The van der Waals surface area contributed by atoms with Gasteiger partial charge < -0.3 is 4.74 Å². The van der Waals surface area contributed by atoms with Crippen LogP contribution in [-0.2, 0) is 16.6 Å². The van der Waals surface area contributed by atoms with E-state index in [4.69, 9.17) is 9.72 Å². The van der Waals surface area contributed by atoms with E-state index in [1.54, 1.807) is 11.8 Å². The maximum atomic E-state index is 14.4. The number of rotatable bonds is 3. The van der Waals surface area contributed by atoms with Crippen LogP contribution in [0, 0.1) is 0 Å². The lowest BCUT2D eigenvalue weighted by atomic mass is 9.68. The molecular formula is C26H34N2O2S. The molecule has 1 aromatic heterocycles. The number of thioether (sulfide) groups is 1. The molecule has 5 rings (SSSR count). The Balaban J connectivity index is 1.76. The van der Waals surface area contributed by atoms with Crippen LogP contribution in [0.25, 0.3) is 11.3 Å². The molecule has 0 amide bonds. The summed E-state index contributed by atoms with van der Waals surface area (Å²) in [5, 5.41) is 1.25. The molecule has 2 aromatic rings. The smallest absolute Gasteiger partial charge is 0.258 e. The zero-order chi connectivity index (χ0) is 21.8. The van der Waals surface area contributed by atoms with Crippen molar-refractivity contribution >= 4 is 11.8 Å². The number of benzene rings is 1. The minimum Gasteiger partial charge on any atom is -0.375 e. The van der Waals surface area contributed by atoms with Gasteiger partial charge in [0.1, 0.15) is 0 Å². The third kappa shape index (κ3) is 3.68. The van der Waals surface area contributed by atoms with Crippen LogP contribution in [0.2, 0.25) is 0 Å². The van der Waals surface area contributed by atoms with Gasteiger partial charge in [0.2, 0.25) is 0 Å². The molecule has 3 aliphatic rings. The van der Waals surface area contributed by atoms with Gasteiger partial charge in [-0.2, -0.15) is 0 Å². The molecule has 5 heteroatoms. The Hall–Kier alpha value is -1.59. The summed E-state index contributed by atoms with van der Waals surface area (Å²) in [5.41, 5.74) is 4.44. The van der Waals surface area contributed by atoms with E-state index < -0.39 is 0 Å². The lowest BCUT2D eigenvalue weighted by Gasteiger charge is -2.40. The summed E-state index contributed by atoms with van der Waals surface area (Å²) in [5.74, 6) is 0. The predicted molar refractivity (Wildman–Crippen MR) is 127 cm³/mol. The fraction of sp³-hybridized carbons (Fsp3) is 0.615. The molecule has 166 valence electrons. The summed E-state index contributed by atoms with van der Waals surface area (Å²) < 4.78 is 8.06. The zero-order valence-corrected chi connectivity index (χ0v) is 20.1. The lowest BCUT2D eigenvalue weighted by molar-refractivity contribution is -0.0710. The summed E-state index contributed by atoms with van der Waals surface area (Å²) in [6.45, 7) is 9.34. The first kappa shape index (κ1) is 21.3. The van der Waals surface area contributed by atoms with Gasteiger partial charge in [0, 0.05) is 28.9 Å². The average Bonchev–Trinajstić information content (AvgIpc) is 3.15. The summed E-state index contributed by atoms with van der Waals surface area (Å²) in [7, 11) is 0. The molecule has 0 bridgehead atoms. The Morgan fingerprint density at radius 2 is 1.94 bits per heavy atom. The summed E-state index contributed by atoms with van der Waals surface area (Å²) in [4.78, 5) is 19.6. The molecule has 2 heterocycles. The molecule has 1 aliphatic heterocycles. The second-order valence-corrected chi connectivity index (χ2v) is 12.1. The first-order valence-electron chi connectivity index (χ1n) is 11.9. The van der Waals surface area contributed by atoms with Crippen molar-refractivity contribution in [3.63, 3.8) is 0 Å². The summed E-state index contributed by atoms with van der Waals surface area (Å²) >= 11 is 1.72. The molecule has 1 spiro atoms. The van der Waals surface area contributed by atoms with E-state index in [0.717, 1.165) is 54.1 Å². The van der Waals surface area contributed by atoms with Gasteiger partial charge in [-0.15, -0.1) is 0 Å². The molecule has 1 unspecified atom stereocenters. The van der Waals surface area contributed by atoms with Crippen LogP contribution in [0.15, 0.2) is 34.2 Å². The highest BCUT2D eigenvalue weighted by atomic mass is 32.2. The molecule has 4 nitrogen and oxygen atoms in total. The zero-order valence-electron chi connectivity index (χ0n) is 19.2. The normalized spacial score (nSPS) is 23.7. The van der Waals surface area contributed by atoms with Crippen molar-refractivity contribution in [3.05, 3.63) is 45.7 Å². The maximum absolute atomic E-state index is 14.4. The third-order valence-corrected chi connectivity index (χ3v) is 8.32. The molecule has 1 saturated carbocycles. The second kappa shape index (κ2) is 7.77. The molecule has 1 aromatic carbocycles. The van der Waals surface area contributed by atoms with Crippen LogP contribution < -0.4 is 5.56 Å². The van der Waals surface area contributed by atoms with Gasteiger partial charge in [0.25, 0.3) is 5.56 Å². The lowest BCUT2D eigenvalue weighted by Crippen LogP contribution is -2.44. The summed E-state index contributed by atoms with van der Waals surface area (Å²) in [6, 6.07) is 8.75. The van der Waals surface area contributed by atoms with Gasteiger partial charge in [-0.3, -0.25) is 9.36 Å². The minimum atomic E-state index is -0.213. The first-order valence-corrected chi connectivity index (χ1v) is 12.7. The Labute approximate surface area is 189 Å². The van der Waals surface area contributed by atoms with Gasteiger partial charge in [0.15, 0.2) is 5.16 Å². The molecule has 2 aliphatic carbocycles. The fourth-order valence-electron chi connectivity index (χ4n) is 6.06. The van der Waals surface area contributed by atoms with E-state index in [1.807, 2.05) is 0 Å². The molecule has 0 radical (unpaired) electrons. The Morgan fingerprint density at radius 3 is 2.65 bits per heavy atom. The fourth-order valence-corrected chi connectivity index (χ4v) is 6.97. The van der Waals surface area contributed by atoms with Crippen LogP contribution in [0.1, 0.15) is 83.4 Å². The van der Waals surface area contributed by atoms with E-state index in [0.29, 0.717) is 11.9 Å². The second-order valence-electron chi connectivity index (χ2n) is 10.5. The molecule has 1 saturated heterocycles. The monoisotopic (exact) mass is 438 g/mol. The molecular weight excluding hydrogens is 404 g/mol. The van der Waals surface area contributed by atoms with Crippen molar-refractivity contribution in [1.82, 2.24) is 9.55 Å². The van der Waals surface area contributed by atoms with Crippen molar-refractivity contribution in [2.45, 2.75) is 100 Å². The highest BCUT2D eigenvalue weighted by molar-refractivity contribution is 7.99. The maximum Gasteiger partial charge on any atom is 0.258 e. The number of fused-ring (bicyclic) bond motifs is 4. The van der Waals surface area contributed by atoms with Gasteiger partial charge in [-0.05, 0) is 51.5 Å². The Kier molecular flexibility index (Phi) is 5.33. The average molecular weight is 439 g/mol. The van der Waals surface area contributed by atoms with Crippen molar-refractivity contribution in [2.75, 3.05) is 6.61 Å². The van der Waals surface area contributed by atoms with Gasteiger partial charge in [-0.25, -0.2) is 4.98 Å². The Morgan fingerprint density at radius 1 is 1.19 bits per heavy atom. The third-order valence-electron chi connectivity index (χ3n) is 7.35. The van der Waals surface area contributed by atoms with Crippen LogP contribution >= 0.6 is 11.8 Å². The number of aromatic nitrogens is 2. The van der Waals surface area contributed by atoms with Gasteiger partial charge in [0.05, 0.1) is 16.9 Å².